The number of hydrogen-bond acceptors (Lipinski definition) is 11. The Labute approximate surface area is 391 Å². The van der Waals surface area contributed by atoms with Crippen molar-refractivity contribution >= 4 is 40.6 Å². The predicted octanol–water partition coefficient (Wildman–Crippen LogP) is 7.44. The van der Waals surface area contributed by atoms with Crippen molar-refractivity contribution in [1.29, 1.82) is 0 Å². The first-order valence-corrected chi connectivity index (χ1v) is 22.1. The molecular formula is C54H45N5O9. The number of phenols is 1. The smallest absolute Gasteiger partial charge is 0.421 e. The number of cyclic esters (lactones) is 1. The first-order valence-electron chi connectivity index (χ1n) is 22.1. The molecule has 6 atom stereocenters. The van der Waals surface area contributed by atoms with E-state index in [4.69, 9.17) is 18.9 Å². The van der Waals surface area contributed by atoms with Gasteiger partial charge in [0, 0.05) is 18.2 Å². The largest absolute Gasteiger partial charge is 0.508 e. The first-order chi connectivity index (χ1) is 33.2. The standard InChI is InChI=1S/C54H45N5O9/c1-65-29-30-67-53(64)58-43-28-21-34(18-17-33-19-26-39(66-2)27-20-33)31-40(43)54(52(58)63)45(50(61)55-32-44-56-41-15-9-10-16-42(41)57-44)47-51(62)68-48(36-13-7-4-8-14-36)46(35-11-5-3-6-12-35)59(47)49(54)37-22-24-38(60)25-23-37/h3-16,19-28,31,45-49,60H,29-30,32H2,1-2H3,(H,55,61)(H,56,57)/t45-,46-,47-,48+,49+,54-/m0/s1. The molecule has 0 bridgehead atoms. The van der Waals surface area contributed by atoms with Crippen LogP contribution in [0.15, 0.2) is 152 Å². The first kappa shape index (κ1) is 43.6. The highest BCUT2D eigenvalue weighted by molar-refractivity contribution is 6.23. The third kappa shape index (κ3) is 7.57. The number of phenolic OH excluding ortho intramolecular Hbond substituents is 1. The molecule has 0 saturated carbocycles. The van der Waals surface area contributed by atoms with E-state index in [0.29, 0.717) is 39.3 Å². The van der Waals surface area contributed by atoms with Crippen molar-refractivity contribution in [2.24, 2.45) is 5.92 Å². The summed E-state index contributed by atoms with van der Waals surface area (Å²) in [5.41, 5.74) is 2.83. The van der Waals surface area contributed by atoms with Crippen LogP contribution in [0, 0.1) is 17.8 Å². The highest BCUT2D eigenvalue weighted by Gasteiger charge is 2.75. The molecular weight excluding hydrogens is 863 g/mol. The minimum Gasteiger partial charge on any atom is -0.508 e. The number of aromatic hydroxyl groups is 1. The number of benzene rings is 6. The number of fused-ring (bicyclic) bond motifs is 4. The molecule has 2 fully saturated rings. The van der Waals surface area contributed by atoms with Gasteiger partial charge in [-0.05, 0) is 89.0 Å². The Kier molecular flexibility index (Phi) is 11.7. The van der Waals surface area contributed by atoms with Crippen LogP contribution in [-0.2, 0) is 40.6 Å². The van der Waals surface area contributed by atoms with Crippen LogP contribution in [-0.4, -0.2) is 77.3 Å². The molecule has 7 aromatic rings. The molecule has 68 heavy (non-hydrogen) atoms. The van der Waals surface area contributed by atoms with Gasteiger partial charge in [-0.3, -0.25) is 19.3 Å². The zero-order valence-electron chi connectivity index (χ0n) is 37.0. The number of ether oxygens (including phenoxy) is 4. The molecule has 10 rings (SSSR count). The number of anilines is 1. The Morgan fingerprint density at radius 2 is 1.46 bits per heavy atom. The van der Waals surface area contributed by atoms with E-state index in [0.717, 1.165) is 16.0 Å². The number of aromatic nitrogens is 2. The number of amides is 3. The van der Waals surface area contributed by atoms with E-state index in [-0.39, 0.29) is 36.8 Å². The Morgan fingerprint density at radius 3 is 2.16 bits per heavy atom. The van der Waals surface area contributed by atoms with Crippen LogP contribution < -0.4 is 15.0 Å². The molecule has 3 aliphatic rings. The van der Waals surface area contributed by atoms with Gasteiger partial charge in [0.1, 0.15) is 41.5 Å². The predicted molar refractivity (Wildman–Crippen MR) is 250 cm³/mol. The van der Waals surface area contributed by atoms with E-state index < -0.39 is 59.4 Å². The molecule has 3 amide bonds. The SMILES string of the molecule is COCCOC(=O)N1C(=O)[C@@]2(c3cc(C#Cc4ccc(OC)cc4)ccc31)[C@H](C(=O)NCc1nc3ccccc3[nH]1)[C@H]1C(=O)O[C@H](c3ccccc3)[C@H](c3ccccc3)N1[C@@H]2c1ccc(O)cc1. The number of rotatable bonds is 10. The Bertz CT molecular complexity index is 3060. The zero-order valence-corrected chi connectivity index (χ0v) is 37.0. The minimum atomic E-state index is -2.06. The molecule has 14 nitrogen and oxygen atoms in total. The van der Waals surface area contributed by atoms with Gasteiger partial charge in [-0.1, -0.05) is 96.8 Å². The van der Waals surface area contributed by atoms with Gasteiger partial charge < -0.3 is 34.4 Å². The van der Waals surface area contributed by atoms with E-state index in [1.165, 1.54) is 19.2 Å². The molecule has 340 valence electrons. The molecule has 3 aliphatic heterocycles. The van der Waals surface area contributed by atoms with Gasteiger partial charge in [0.2, 0.25) is 11.8 Å². The summed E-state index contributed by atoms with van der Waals surface area (Å²) in [7, 11) is 3.04. The molecule has 0 aliphatic carbocycles. The number of esters is 1. The lowest BCUT2D eigenvalue weighted by Crippen LogP contribution is -2.55. The lowest BCUT2D eigenvalue weighted by molar-refractivity contribution is -0.178. The maximum Gasteiger partial charge on any atom is 0.421 e. The fourth-order valence-corrected chi connectivity index (χ4v) is 10.1. The molecule has 0 unspecified atom stereocenters. The molecule has 3 N–H and O–H groups in total. The quantitative estimate of drug-likeness (QED) is 0.0708. The number of imide groups is 1. The van der Waals surface area contributed by atoms with Crippen molar-refractivity contribution in [3.8, 4) is 23.3 Å². The molecule has 4 heterocycles. The van der Waals surface area contributed by atoms with E-state index in [1.807, 2.05) is 102 Å². The number of nitrogens with zero attached hydrogens (tertiary/aromatic N) is 3. The minimum absolute atomic E-state index is 0.0464. The van der Waals surface area contributed by atoms with Gasteiger partial charge in [0.05, 0.1) is 55.0 Å². The fraction of sp³-hybridized carbons (Fsp3) is 0.204. The summed E-state index contributed by atoms with van der Waals surface area (Å²) in [6.07, 6.45) is -1.92. The molecule has 0 radical (unpaired) electrons. The normalized spacial score (nSPS) is 21.7. The molecule has 6 aromatic carbocycles. The summed E-state index contributed by atoms with van der Waals surface area (Å²) >= 11 is 0. The number of hydrogen-bond donors (Lipinski definition) is 3. The van der Waals surface area contributed by atoms with E-state index in [1.54, 1.807) is 49.6 Å². The molecule has 14 heteroatoms. The van der Waals surface area contributed by atoms with Crippen molar-refractivity contribution in [2.45, 2.75) is 36.2 Å². The average molecular weight is 908 g/mol. The zero-order chi connectivity index (χ0) is 46.9. The number of imidazole rings is 1. The number of carbonyl (C=O) groups is 4. The van der Waals surface area contributed by atoms with Gasteiger partial charge in [0.15, 0.2) is 0 Å². The number of nitrogens with one attached hydrogen (secondary N) is 2. The second-order valence-corrected chi connectivity index (χ2v) is 16.7. The van der Waals surface area contributed by atoms with Gasteiger partial charge in [-0.15, -0.1) is 0 Å². The van der Waals surface area contributed by atoms with Crippen molar-refractivity contribution in [3.05, 3.63) is 191 Å². The molecule has 1 aromatic heterocycles. The number of carbonyl (C=O) groups excluding carboxylic acids is 4. The Hall–Kier alpha value is -8.25. The van der Waals surface area contributed by atoms with E-state index >= 15 is 14.4 Å². The van der Waals surface area contributed by atoms with Crippen molar-refractivity contribution in [3.63, 3.8) is 0 Å². The summed E-state index contributed by atoms with van der Waals surface area (Å²) in [6.45, 7) is -0.223. The van der Waals surface area contributed by atoms with Crippen LogP contribution in [0.25, 0.3) is 11.0 Å². The van der Waals surface area contributed by atoms with Crippen molar-refractivity contribution < 1.29 is 43.2 Å². The summed E-state index contributed by atoms with van der Waals surface area (Å²) in [5, 5.41) is 13.8. The fourth-order valence-electron chi connectivity index (χ4n) is 10.1. The van der Waals surface area contributed by atoms with Crippen LogP contribution in [0.5, 0.6) is 11.5 Å². The number of aromatic amines is 1. The van der Waals surface area contributed by atoms with Crippen molar-refractivity contribution in [2.75, 3.05) is 32.3 Å². The lowest BCUT2D eigenvalue weighted by Gasteiger charge is -2.46. The van der Waals surface area contributed by atoms with Gasteiger partial charge in [-0.2, -0.15) is 0 Å². The van der Waals surface area contributed by atoms with Crippen LogP contribution in [0.1, 0.15) is 57.4 Å². The second-order valence-electron chi connectivity index (χ2n) is 16.7. The average Bonchev–Trinajstić information content (AvgIpc) is 4.02. The van der Waals surface area contributed by atoms with Crippen LogP contribution in [0.4, 0.5) is 10.5 Å². The Balaban J connectivity index is 1.23. The topological polar surface area (TPSA) is 173 Å². The summed E-state index contributed by atoms with van der Waals surface area (Å²) in [5.74, 6) is 3.69. The van der Waals surface area contributed by atoms with Gasteiger partial charge >= 0.3 is 12.1 Å². The number of morpholine rings is 1. The third-order valence-electron chi connectivity index (χ3n) is 13.0. The van der Waals surface area contributed by atoms with Gasteiger partial charge in [-0.25, -0.2) is 14.7 Å². The second kappa shape index (κ2) is 18.2. The Morgan fingerprint density at radius 1 is 0.779 bits per heavy atom. The van der Waals surface area contributed by atoms with E-state index in [2.05, 4.69) is 27.1 Å². The maximum atomic E-state index is 16.3. The lowest BCUT2D eigenvalue weighted by atomic mass is 9.65. The third-order valence-corrected chi connectivity index (χ3v) is 13.0. The van der Waals surface area contributed by atoms with Crippen LogP contribution in [0.3, 0.4) is 0 Å². The van der Waals surface area contributed by atoms with Crippen LogP contribution >= 0.6 is 0 Å². The summed E-state index contributed by atoms with van der Waals surface area (Å²) < 4.78 is 22.8. The molecule has 1 spiro atoms. The van der Waals surface area contributed by atoms with Crippen molar-refractivity contribution in [1.82, 2.24) is 20.2 Å². The summed E-state index contributed by atoms with van der Waals surface area (Å²) in [4.78, 5) is 72.7. The maximum absolute atomic E-state index is 16.3. The number of H-pyrrole nitrogens is 1. The highest BCUT2D eigenvalue weighted by Crippen LogP contribution is 2.66. The number of para-hydroxylation sites is 2. The molecule has 2 saturated heterocycles. The highest BCUT2D eigenvalue weighted by atomic mass is 16.6. The monoisotopic (exact) mass is 907 g/mol. The van der Waals surface area contributed by atoms with Gasteiger partial charge in [0.25, 0.3) is 0 Å². The van der Waals surface area contributed by atoms with E-state index in [9.17, 15) is 9.90 Å². The summed E-state index contributed by atoms with van der Waals surface area (Å²) in [6, 6.07) is 41.4. The number of methoxy groups -OCH3 is 2. The van der Waals surface area contributed by atoms with Crippen LogP contribution in [0.2, 0.25) is 0 Å².